The van der Waals surface area contributed by atoms with Crippen LogP contribution in [0.5, 0.6) is 0 Å². The van der Waals surface area contributed by atoms with Crippen molar-refractivity contribution in [3.63, 3.8) is 0 Å². The molecule has 3 rings (SSSR count). The molecule has 1 heterocycles. The van der Waals surface area contributed by atoms with E-state index in [1.165, 1.54) is 18.5 Å². The molecular weight excluding hydrogens is 418 g/mol. The quantitative estimate of drug-likeness (QED) is 0.292. The maximum absolute atomic E-state index is 12.5. The second kappa shape index (κ2) is 12.9. The lowest BCUT2D eigenvalue weighted by atomic mass is 10.0. The second-order valence-corrected chi connectivity index (χ2v) is 8.03. The molecule has 0 spiro atoms. The molecule has 1 amide bonds. The number of rotatable bonds is 12. The van der Waals surface area contributed by atoms with Gasteiger partial charge in [-0.05, 0) is 48.4 Å². The molecule has 7 nitrogen and oxygen atoms in total. The minimum atomic E-state index is -0.420. The standard InChI is InChI=1S/C26H33N3O4/c1-2-23-6-4-11-29(23)25-7-3-5-21-9-8-20(18-24(21)25)17-22(19-27)26(31)28-10-13-32-15-16-33-14-12-30/h3,5,7-9,17-18,23,30H,2,4,6,10-16H2,1H3,(H,28,31)/b22-17+. The van der Waals surface area contributed by atoms with Crippen molar-refractivity contribution in [2.45, 2.75) is 32.2 Å². The number of amides is 1. The monoisotopic (exact) mass is 451 g/mol. The zero-order valence-corrected chi connectivity index (χ0v) is 19.3. The zero-order chi connectivity index (χ0) is 23.5. The Morgan fingerprint density at radius 1 is 1.24 bits per heavy atom. The van der Waals surface area contributed by atoms with E-state index in [0.717, 1.165) is 29.3 Å². The highest BCUT2D eigenvalue weighted by Gasteiger charge is 2.24. The molecular formula is C26H33N3O4. The predicted octanol–water partition coefficient (Wildman–Crippen LogP) is 3.27. The summed E-state index contributed by atoms with van der Waals surface area (Å²) in [6, 6.07) is 15.0. The van der Waals surface area contributed by atoms with Gasteiger partial charge in [-0.1, -0.05) is 31.2 Å². The number of carbonyl (C=O) groups excluding carboxylic acids is 1. The molecule has 1 aliphatic heterocycles. The minimum absolute atomic E-state index is 0.0185. The number of aliphatic hydroxyl groups is 1. The molecule has 0 radical (unpaired) electrons. The van der Waals surface area contributed by atoms with Crippen LogP contribution < -0.4 is 10.2 Å². The summed E-state index contributed by atoms with van der Waals surface area (Å²) in [5.41, 5.74) is 2.10. The highest BCUT2D eigenvalue weighted by Crippen LogP contribution is 2.34. The molecule has 0 aromatic heterocycles. The summed E-state index contributed by atoms with van der Waals surface area (Å²) in [6.07, 6.45) is 5.17. The van der Waals surface area contributed by atoms with Gasteiger partial charge in [0.25, 0.3) is 5.91 Å². The first kappa shape index (κ1) is 24.7. The Labute approximate surface area is 195 Å². The Morgan fingerprint density at radius 3 is 2.82 bits per heavy atom. The first-order valence-corrected chi connectivity index (χ1v) is 11.6. The molecule has 1 fully saturated rings. The van der Waals surface area contributed by atoms with Crippen molar-refractivity contribution in [1.29, 1.82) is 5.26 Å². The highest BCUT2D eigenvalue weighted by atomic mass is 16.5. The molecule has 0 aliphatic carbocycles. The van der Waals surface area contributed by atoms with Crippen LogP contribution in [0.15, 0.2) is 42.0 Å². The van der Waals surface area contributed by atoms with E-state index in [4.69, 9.17) is 14.6 Å². The molecule has 33 heavy (non-hydrogen) atoms. The minimum Gasteiger partial charge on any atom is -0.394 e. The number of nitrogens with one attached hydrogen (secondary N) is 1. The summed E-state index contributed by atoms with van der Waals surface area (Å²) >= 11 is 0. The smallest absolute Gasteiger partial charge is 0.262 e. The second-order valence-electron chi connectivity index (χ2n) is 8.03. The van der Waals surface area contributed by atoms with Crippen LogP contribution in [-0.2, 0) is 14.3 Å². The number of nitriles is 1. The third-order valence-electron chi connectivity index (χ3n) is 5.86. The molecule has 1 atom stereocenters. The zero-order valence-electron chi connectivity index (χ0n) is 19.3. The fourth-order valence-electron chi connectivity index (χ4n) is 4.23. The van der Waals surface area contributed by atoms with Crippen LogP contribution >= 0.6 is 0 Å². The normalized spacial score (nSPS) is 16.2. The van der Waals surface area contributed by atoms with Crippen molar-refractivity contribution in [2.24, 2.45) is 0 Å². The van der Waals surface area contributed by atoms with Gasteiger partial charge in [-0.15, -0.1) is 0 Å². The number of hydrogen-bond acceptors (Lipinski definition) is 6. The number of ether oxygens (including phenoxy) is 2. The van der Waals surface area contributed by atoms with Crippen LogP contribution in [0.25, 0.3) is 16.8 Å². The van der Waals surface area contributed by atoms with Crippen molar-refractivity contribution in [1.82, 2.24) is 5.32 Å². The fourth-order valence-corrected chi connectivity index (χ4v) is 4.23. The summed E-state index contributed by atoms with van der Waals surface area (Å²) in [5.74, 6) is -0.420. The number of carbonyl (C=O) groups is 1. The maximum atomic E-state index is 12.5. The summed E-state index contributed by atoms with van der Waals surface area (Å²) < 4.78 is 10.5. The van der Waals surface area contributed by atoms with Gasteiger partial charge < -0.3 is 24.8 Å². The van der Waals surface area contributed by atoms with Crippen LogP contribution in [0.3, 0.4) is 0 Å². The molecule has 2 aromatic carbocycles. The Morgan fingerprint density at radius 2 is 2.06 bits per heavy atom. The lowest BCUT2D eigenvalue weighted by Crippen LogP contribution is -2.28. The third kappa shape index (κ3) is 6.78. The van der Waals surface area contributed by atoms with E-state index in [2.05, 4.69) is 41.4 Å². The SMILES string of the molecule is CCC1CCCN1c1cccc2ccc(/C=C(\C#N)C(=O)NCCOCCOCCO)cc12. The number of nitrogens with zero attached hydrogens (tertiary/aromatic N) is 2. The number of fused-ring (bicyclic) bond motifs is 1. The first-order valence-electron chi connectivity index (χ1n) is 11.6. The molecule has 1 aliphatic rings. The van der Waals surface area contributed by atoms with E-state index in [0.29, 0.717) is 32.4 Å². The van der Waals surface area contributed by atoms with E-state index in [1.54, 1.807) is 6.08 Å². The molecule has 1 unspecified atom stereocenters. The van der Waals surface area contributed by atoms with Gasteiger partial charge in [0.2, 0.25) is 0 Å². The van der Waals surface area contributed by atoms with Crippen molar-refractivity contribution < 1.29 is 19.4 Å². The number of benzene rings is 2. The lowest BCUT2D eigenvalue weighted by molar-refractivity contribution is -0.117. The summed E-state index contributed by atoms with van der Waals surface area (Å²) in [6.45, 7) is 4.94. The summed E-state index contributed by atoms with van der Waals surface area (Å²) in [5, 5.41) is 23.2. The van der Waals surface area contributed by atoms with Gasteiger partial charge in [-0.25, -0.2) is 0 Å². The average Bonchev–Trinajstić information content (AvgIpc) is 3.32. The Bertz CT molecular complexity index is 999. The van der Waals surface area contributed by atoms with Crippen LogP contribution in [0, 0.1) is 11.3 Å². The van der Waals surface area contributed by atoms with Gasteiger partial charge in [0.1, 0.15) is 11.6 Å². The van der Waals surface area contributed by atoms with Crippen molar-refractivity contribution in [3.05, 3.63) is 47.5 Å². The van der Waals surface area contributed by atoms with E-state index < -0.39 is 5.91 Å². The first-order chi connectivity index (χ1) is 16.2. The molecule has 2 aromatic rings. The Balaban J connectivity index is 1.66. The summed E-state index contributed by atoms with van der Waals surface area (Å²) in [4.78, 5) is 14.9. The molecule has 2 N–H and O–H groups in total. The largest absolute Gasteiger partial charge is 0.394 e. The van der Waals surface area contributed by atoms with Crippen LogP contribution in [0.2, 0.25) is 0 Å². The van der Waals surface area contributed by atoms with Crippen LogP contribution in [0.4, 0.5) is 5.69 Å². The number of anilines is 1. The van der Waals surface area contributed by atoms with E-state index in [9.17, 15) is 10.1 Å². The van der Waals surface area contributed by atoms with Gasteiger partial charge in [0, 0.05) is 30.2 Å². The Kier molecular flexibility index (Phi) is 9.70. The average molecular weight is 452 g/mol. The van der Waals surface area contributed by atoms with Crippen molar-refractivity contribution in [3.8, 4) is 6.07 Å². The van der Waals surface area contributed by atoms with Gasteiger partial charge in [0.05, 0.1) is 33.0 Å². The predicted molar refractivity (Wildman–Crippen MR) is 130 cm³/mol. The third-order valence-corrected chi connectivity index (χ3v) is 5.86. The highest BCUT2D eigenvalue weighted by molar-refractivity contribution is 6.03. The lowest BCUT2D eigenvalue weighted by Gasteiger charge is -2.27. The number of aliphatic hydroxyl groups excluding tert-OH is 1. The van der Waals surface area contributed by atoms with Gasteiger partial charge in [-0.3, -0.25) is 4.79 Å². The topological polar surface area (TPSA) is 94.8 Å². The Hall–Kier alpha value is -2.92. The molecule has 7 heteroatoms. The van der Waals surface area contributed by atoms with E-state index in [-0.39, 0.29) is 18.8 Å². The molecule has 0 saturated carbocycles. The van der Waals surface area contributed by atoms with Crippen LogP contribution in [-0.4, -0.2) is 63.2 Å². The molecule has 176 valence electrons. The fraction of sp³-hybridized carbons (Fsp3) is 0.462. The van der Waals surface area contributed by atoms with Gasteiger partial charge >= 0.3 is 0 Å². The van der Waals surface area contributed by atoms with Gasteiger partial charge in [-0.2, -0.15) is 5.26 Å². The van der Waals surface area contributed by atoms with Crippen molar-refractivity contribution >= 4 is 28.4 Å². The van der Waals surface area contributed by atoms with Crippen LogP contribution in [0.1, 0.15) is 31.7 Å². The number of hydrogen-bond donors (Lipinski definition) is 2. The summed E-state index contributed by atoms with van der Waals surface area (Å²) in [7, 11) is 0. The van der Waals surface area contributed by atoms with Crippen molar-refractivity contribution in [2.75, 3.05) is 51.0 Å². The molecule has 1 saturated heterocycles. The van der Waals surface area contributed by atoms with E-state index in [1.807, 2.05) is 18.2 Å². The van der Waals surface area contributed by atoms with Gasteiger partial charge in [0.15, 0.2) is 0 Å². The molecule has 0 bridgehead atoms. The maximum Gasteiger partial charge on any atom is 0.262 e. The van der Waals surface area contributed by atoms with E-state index >= 15 is 0 Å².